The topological polar surface area (TPSA) is 79.3 Å². The van der Waals surface area contributed by atoms with E-state index in [1.54, 1.807) is 0 Å². The minimum atomic E-state index is -1.13. The fraction of sp³-hybridized carbons (Fsp3) is 0.438. The van der Waals surface area contributed by atoms with Gasteiger partial charge >= 0.3 is 5.97 Å². The zero-order chi connectivity index (χ0) is 14.8. The highest BCUT2D eigenvalue weighted by Crippen LogP contribution is 2.39. The lowest BCUT2D eigenvalue weighted by molar-refractivity contribution is 0.0690. The van der Waals surface area contributed by atoms with E-state index in [9.17, 15) is 9.59 Å². The molecule has 0 spiro atoms. The smallest absolute Gasteiger partial charge is 0.354 e. The SMILES string of the molecule is O=C(O)c1cccc(C(=O)NCC2CC3C=CC2CC3)n1. The van der Waals surface area contributed by atoms with E-state index in [2.05, 4.69) is 22.5 Å². The highest BCUT2D eigenvalue weighted by Gasteiger charge is 2.31. The van der Waals surface area contributed by atoms with Crippen molar-refractivity contribution in [1.29, 1.82) is 0 Å². The Hall–Kier alpha value is -2.17. The molecule has 0 radical (unpaired) electrons. The molecule has 3 atom stereocenters. The average molecular weight is 286 g/mol. The number of hydrogen-bond donors (Lipinski definition) is 2. The number of carboxylic acid groups (broad SMARTS) is 1. The number of rotatable bonds is 4. The van der Waals surface area contributed by atoms with Crippen LogP contribution < -0.4 is 5.32 Å². The van der Waals surface area contributed by atoms with Gasteiger partial charge in [-0.05, 0) is 49.1 Å². The van der Waals surface area contributed by atoms with Gasteiger partial charge in [-0.2, -0.15) is 0 Å². The molecule has 21 heavy (non-hydrogen) atoms. The molecule has 5 heteroatoms. The van der Waals surface area contributed by atoms with Gasteiger partial charge in [0.25, 0.3) is 5.91 Å². The number of nitrogens with one attached hydrogen (secondary N) is 1. The molecule has 3 unspecified atom stereocenters. The van der Waals surface area contributed by atoms with Crippen LogP contribution in [-0.4, -0.2) is 28.5 Å². The Balaban J connectivity index is 1.61. The van der Waals surface area contributed by atoms with Crippen molar-refractivity contribution in [2.75, 3.05) is 6.54 Å². The number of fused-ring (bicyclic) bond motifs is 2. The Morgan fingerprint density at radius 3 is 2.67 bits per heavy atom. The van der Waals surface area contributed by atoms with Crippen LogP contribution in [0.2, 0.25) is 0 Å². The second-order valence-electron chi connectivity index (χ2n) is 5.81. The maximum atomic E-state index is 12.1. The minimum absolute atomic E-state index is 0.109. The third kappa shape index (κ3) is 2.96. The number of aromatic nitrogens is 1. The van der Waals surface area contributed by atoms with Crippen molar-refractivity contribution in [3.05, 3.63) is 41.7 Å². The van der Waals surface area contributed by atoms with E-state index in [1.165, 1.54) is 31.0 Å². The zero-order valence-electron chi connectivity index (χ0n) is 11.7. The van der Waals surface area contributed by atoms with Crippen LogP contribution in [0.3, 0.4) is 0 Å². The lowest BCUT2D eigenvalue weighted by Gasteiger charge is -2.38. The summed E-state index contributed by atoms with van der Waals surface area (Å²) in [4.78, 5) is 26.8. The zero-order valence-corrected chi connectivity index (χ0v) is 11.7. The first-order chi connectivity index (χ1) is 10.1. The van der Waals surface area contributed by atoms with Gasteiger partial charge in [-0.15, -0.1) is 0 Å². The van der Waals surface area contributed by atoms with Gasteiger partial charge in [-0.3, -0.25) is 4.79 Å². The number of amides is 1. The van der Waals surface area contributed by atoms with Crippen LogP contribution >= 0.6 is 0 Å². The molecule has 1 aromatic heterocycles. The molecule has 0 aromatic carbocycles. The monoisotopic (exact) mass is 286 g/mol. The number of carbonyl (C=O) groups is 2. The van der Waals surface area contributed by atoms with E-state index in [0.717, 1.165) is 6.42 Å². The van der Waals surface area contributed by atoms with E-state index < -0.39 is 5.97 Å². The number of nitrogens with zero attached hydrogens (tertiary/aromatic N) is 1. The molecule has 1 heterocycles. The molecule has 1 amide bonds. The molecule has 3 aliphatic rings. The van der Waals surface area contributed by atoms with Gasteiger partial charge < -0.3 is 10.4 Å². The lowest BCUT2D eigenvalue weighted by Crippen LogP contribution is -2.37. The fourth-order valence-electron chi connectivity index (χ4n) is 3.28. The Bertz CT molecular complexity index is 597. The largest absolute Gasteiger partial charge is 0.477 e. The predicted octanol–water partition coefficient (Wildman–Crippen LogP) is 2.11. The summed E-state index contributed by atoms with van der Waals surface area (Å²) < 4.78 is 0. The van der Waals surface area contributed by atoms with Gasteiger partial charge in [-0.1, -0.05) is 18.2 Å². The van der Waals surface area contributed by atoms with Gasteiger partial charge in [0.15, 0.2) is 0 Å². The summed E-state index contributed by atoms with van der Waals surface area (Å²) in [5, 5.41) is 11.8. The Morgan fingerprint density at radius 2 is 2.05 bits per heavy atom. The van der Waals surface area contributed by atoms with Crippen LogP contribution in [0.15, 0.2) is 30.4 Å². The predicted molar refractivity (Wildman–Crippen MR) is 77.0 cm³/mol. The molecule has 1 aromatic rings. The molecule has 4 rings (SSSR count). The quantitative estimate of drug-likeness (QED) is 0.831. The number of carboxylic acids is 1. The van der Waals surface area contributed by atoms with Gasteiger partial charge in [0.1, 0.15) is 11.4 Å². The van der Waals surface area contributed by atoms with Crippen molar-refractivity contribution in [3.8, 4) is 0 Å². The molecule has 1 fully saturated rings. The van der Waals surface area contributed by atoms with Crippen LogP contribution in [0.1, 0.15) is 40.2 Å². The number of hydrogen-bond acceptors (Lipinski definition) is 3. The highest BCUT2D eigenvalue weighted by atomic mass is 16.4. The van der Waals surface area contributed by atoms with Crippen LogP contribution in [-0.2, 0) is 0 Å². The molecular weight excluding hydrogens is 268 g/mol. The number of carbonyl (C=O) groups excluding carboxylic acids is 1. The molecule has 0 saturated heterocycles. The van der Waals surface area contributed by atoms with E-state index >= 15 is 0 Å². The summed E-state index contributed by atoms with van der Waals surface area (Å²) in [5.41, 5.74) is 0.0497. The summed E-state index contributed by atoms with van der Waals surface area (Å²) in [5.74, 6) is 0.280. The Labute approximate surface area is 123 Å². The molecule has 0 aliphatic heterocycles. The minimum Gasteiger partial charge on any atom is -0.477 e. The summed E-state index contributed by atoms with van der Waals surface area (Å²) in [7, 11) is 0. The maximum Gasteiger partial charge on any atom is 0.354 e. The first-order valence-electron chi connectivity index (χ1n) is 7.30. The van der Waals surface area contributed by atoms with Crippen LogP contribution in [0.25, 0.3) is 0 Å². The molecule has 2 bridgehead atoms. The first-order valence-corrected chi connectivity index (χ1v) is 7.30. The molecular formula is C16H18N2O3. The molecule has 5 nitrogen and oxygen atoms in total. The highest BCUT2D eigenvalue weighted by molar-refractivity contribution is 5.94. The van der Waals surface area contributed by atoms with E-state index in [0.29, 0.717) is 24.3 Å². The molecule has 2 N–H and O–H groups in total. The first kappa shape index (κ1) is 13.8. The van der Waals surface area contributed by atoms with Crippen molar-refractivity contribution in [3.63, 3.8) is 0 Å². The summed E-state index contributed by atoms with van der Waals surface area (Å²) >= 11 is 0. The van der Waals surface area contributed by atoms with Gasteiger partial charge in [0.05, 0.1) is 0 Å². The van der Waals surface area contributed by atoms with E-state index in [1.807, 2.05) is 0 Å². The van der Waals surface area contributed by atoms with Gasteiger partial charge in [0.2, 0.25) is 0 Å². The van der Waals surface area contributed by atoms with Crippen molar-refractivity contribution in [2.45, 2.75) is 19.3 Å². The Morgan fingerprint density at radius 1 is 1.24 bits per heavy atom. The third-order valence-corrected chi connectivity index (χ3v) is 4.44. The van der Waals surface area contributed by atoms with E-state index in [4.69, 9.17) is 5.11 Å². The van der Waals surface area contributed by atoms with Crippen molar-refractivity contribution >= 4 is 11.9 Å². The number of pyridine rings is 1. The lowest BCUT2D eigenvalue weighted by atomic mass is 9.69. The molecule has 3 aliphatic carbocycles. The number of aromatic carboxylic acids is 1. The summed E-state index contributed by atoms with van der Waals surface area (Å²) in [6, 6.07) is 4.45. The Kier molecular flexibility index (Phi) is 3.73. The summed E-state index contributed by atoms with van der Waals surface area (Å²) in [6.07, 6.45) is 8.16. The van der Waals surface area contributed by atoms with E-state index in [-0.39, 0.29) is 17.3 Å². The van der Waals surface area contributed by atoms with Crippen LogP contribution in [0.4, 0.5) is 0 Å². The number of allylic oxidation sites excluding steroid dienone is 2. The third-order valence-electron chi connectivity index (χ3n) is 4.44. The van der Waals surface area contributed by atoms with Crippen molar-refractivity contribution < 1.29 is 14.7 Å². The maximum absolute atomic E-state index is 12.1. The normalized spacial score (nSPS) is 26.6. The average Bonchev–Trinajstić information content (AvgIpc) is 2.54. The molecule has 110 valence electrons. The van der Waals surface area contributed by atoms with Crippen LogP contribution in [0.5, 0.6) is 0 Å². The second-order valence-corrected chi connectivity index (χ2v) is 5.81. The van der Waals surface area contributed by atoms with Crippen LogP contribution in [0, 0.1) is 17.8 Å². The fourth-order valence-corrected chi connectivity index (χ4v) is 3.28. The summed E-state index contributed by atoms with van der Waals surface area (Å²) in [6.45, 7) is 0.628. The van der Waals surface area contributed by atoms with Gasteiger partial charge in [0, 0.05) is 6.54 Å². The second kappa shape index (κ2) is 5.68. The van der Waals surface area contributed by atoms with Crippen molar-refractivity contribution in [2.24, 2.45) is 17.8 Å². The van der Waals surface area contributed by atoms with Crippen molar-refractivity contribution in [1.82, 2.24) is 10.3 Å². The van der Waals surface area contributed by atoms with Gasteiger partial charge in [-0.25, -0.2) is 9.78 Å². The standard InChI is InChI=1S/C16H18N2O3/c19-15(13-2-1-3-14(18-13)16(20)21)17-9-12-8-10-4-6-11(12)7-5-10/h1-4,6,10-12H,5,7-9H2,(H,17,19)(H,20,21). The molecule has 1 saturated carbocycles.